The van der Waals surface area contributed by atoms with Gasteiger partial charge in [-0.15, -0.1) is 11.3 Å². The van der Waals surface area contributed by atoms with E-state index >= 15 is 0 Å². The Balaban J connectivity index is 2.09. The summed E-state index contributed by atoms with van der Waals surface area (Å²) in [5.41, 5.74) is 1.04. The van der Waals surface area contributed by atoms with E-state index in [4.69, 9.17) is 0 Å². The molecule has 1 heterocycles. The van der Waals surface area contributed by atoms with E-state index in [1.165, 1.54) is 4.70 Å². The highest BCUT2D eigenvalue weighted by Gasteiger charge is 2.07. The number of para-hydroxylation sites is 1. The number of hydrogen-bond donors (Lipinski definition) is 1. The lowest BCUT2D eigenvalue weighted by molar-refractivity contribution is 0.226. The van der Waals surface area contributed by atoms with Crippen molar-refractivity contribution in [2.45, 2.75) is 10.4 Å². The van der Waals surface area contributed by atoms with E-state index in [2.05, 4.69) is 27.0 Å². The molecule has 2 aromatic rings. The number of halogens is 1. The van der Waals surface area contributed by atoms with Gasteiger partial charge in [0, 0.05) is 11.1 Å². The highest BCUT2D eigenvalue weighted by atomic mass is 79.9. The van der Waals surface area contributed by atoms with Gasteiger partial charge in [0.15, 0.2) is 4.34 Å². The Bertz CT molecular complexity index is 413. The Morgan fingerprint density at radius 1 is 1.47 bits per heavy atom. The molecule has 1 atom stereocenters. The van der Waals surface area contributed by atoms with Crippen LogP contribution < -0.4 is 0 Å². The highest BCUT2D eigenvalue weighted by Crippen LogP contribution is 2.29. The van der Waals surface area contributed by atoms with Crippen molar-refractivity contribution in [3.63, 3.8) is 0 Å². The number of thiazole rings is 1. The highest BCUT2D eigenvalue weighted by molar-refractivity contribution is 9.09. The average molecular weight is 304 g/mol. The number of nitrogens with zero attached hydrogens (tertiary/aromatic N) is 1. The lowest BCUT2D eigenvalue weighted by Crippen LogP contribution is -2.10. The van der Waals surface area contributed by atoms with Gasteiger partial charge in [0.25, 0.3) is 0 Å². The van der Waals surface area contributed by atoms with Crippen molar-refractivity contribution in [1.82, 2.24) is 4.98 Å². The SMILES string of the molecule is OC(CBr)CSc1nc2ccccc2s1. The summed E-state index contributed by atoms with van der Waals surface area (Å²) in [6.07, 6.45) is -0.304. The fraction of sp³-hybridized carbons (Fsp3) is 0.300. The topological polar surface area (TPSA) is 33.1 Å². The average Bonchev–Trinajstić information content (AvgIpc) is 2.68. The van der Waals surface area contributed by atoms with Crippen LogP contribution in [0.15, 0.2) is 28.6 Å². The van der Waals surface area contributed by atoms with Crippen molar-refractivity contribution in [2.75, 3.05) is 11.1 Å². The van der Waals surface area contributed by atoms with E-state index in [0.29, 0.717) is 11.1 Å². The molecule has 0 saturated heterocycles. The smallest absolute Gasteiger partial charge is 0.151 e. The summed E-state index contributed by atoms with van der Waals surface area (Å²) in [7, 11) is 0. The third kappa shape index (κ3) is 2.93. The number of fused-ring (bicyclic) bond motifs is 1. The van der Waals surface area contributed by atoms with E-state index in [1.54, 1.807) is 23.1 Å². The summed E-state index contributed by atoms with van der Waals surface area (Å²) in [6.45, 7) is 0. The van der Waals surface area contributed by atoms with Gasteiger partial charge in [-0.25, -0.2) is 4.98 Å². The zero-order chi connectivity index (χ0) is 10.7. The zero-order valence-electron chi connectivity index (χ0n) is 7.89. The van der Waals surface area contributed by atoms with E-state index in [9.17, 15) is 5.11 Å². The van der Waals surface area contributed by atoms with Gasteiger partial charge in [-0.1, -0.05) is 39.8 Å². The lowest BCUT2D eigenvalue weighted by Gasteiger charge is -2.02. The number of aromatic nitrogens is 1. The molecule has 0 aliphatic heterocycles. The molecule has 5 heteroatoms. The number of hydrogen-bond acceptors (Lipinski definition) is 4. The van der Waals surface area contributed by atoms with Crippen molar-refractivity contribution in [3.05, 3.63) is 24.3 Å². The first-order chi connectivity index (χ1) is 7.29. The number of rotatable bonds is 4. The Kier molecular flexibility index (Phi) is 4.02. The predicted octanol–water partition coefficient (Wildman–Crippen LogP) is 3.14. The first-order valence-electron chi connectivity index (χ1n) is 4.52. The molecule has 15 heavy (non-hydrogen) atoms. The maximum absolute atomic E-state index is 9.40. The third-order valence-corrected chi connectivity index (χ3v) is 4.92. The van der Waals surface area contributed by atoms with Crippen LogP contribution in [-0.4, -0.2) is 27.3 Å². The van der Waals surface area contributed by atoms with E-state index < -0.39 is 0 Å². The molecule has 1 aromatic heterocycles. The van der Waals surface area contributed by atoms with Crippen molar-refractivity contribution < 1.29 is 5.11 Å². The van der Waals surface area contributed by atoms with E-state index in [1.807, 2.05) is 18.2 Å². The molecule has 0 aliphatic rings. The molecule has 1 aromatic carbocycles. The molecule has 0 radical (unpaired) electrons. The van der Waals surface area contributed by atoms with E-state index in [0.717, 1.165) is 9.86 Å². The van der Waals surface area contributed by atoms with Crippen molar-refractivity contribution in [3.8, 4) is 0 Å². The summed E-state index contributed by atoms with van der Waals surface area (Å²) < 4.78 is 2.23. The predicted molar refractivity (Wildman–Crippen MR) is 70.1 cm³/mol. The molecule has 0 bridgehead atoms. The molecule has 0 spiro atoms. The number of aliphatic hydroxyl groups excluding tert-OH is 1. The monoisotopic (exact) mass is 303 g/mol. The van der Waals surface area contributed by atoms with Gasteiger partial charge in [-0.2, -0.15) is 0 Å². The van der Waals surface area contributed by atoms with Gasteiger partial charge in [0.2, 0.25) is 0 Å². The Morgan fingerprint density at radius 2 is 2.27 bits per heavy atom. The minimum absolute atomic E-state index is 0.304. The second-order valence-electron chi connectivity index (χ2n) is 3.07. The van der Waals surface area contributed by atoms with Crippen LogP contribution in [0.3, 0.4) is 0 Å². The summed E-state index contributed by atoms with van der Waals surface area (Å²) in [5.74, 6) is 0.686. The largest absolute Gasteiger partial charge is 0.391 e. The molecule has 1 N–H and O–H groups in total. The molecular formula is C10H10BrNOS2. The van der Waals surface area contributed by atoms with Crippen molar-refractivity contribution >= 4 is 49.2 Å². The van der Waals surface area contributed by atoms with Crippen LogP contribution in [0.2, 0.25) is 0 Å². The zero-order valence-corrected chi connectivity index (χ0v) is 11.1. The van der Waals surface area contributed by atoms with Crippen LogP contribution >= 0.6 is 39.0 Å². The van der Waals surface area contributed by atoms with Crippen LogP contribution in [0.1, 0.15) is 0 Å². The molecule has 0 fully saturated rings. The van der Waals surface area contributed by atoms with Crippen LogP contribution in [0.5, 0.6) is 0 Å². The Morgan fingerprint density at radius 3 is 3.00 bits per heavy atom. The summed E-state index contributed by atoms with van der Waals surface area (Å²) in [4.78, 5) is 4.47. The number of thioether (sulfide) groups is 1. The summed E-state index contributed by atoms with van der Waals surface area (Å²) in [6, 6.07) is 8.08. The second kappa shape index (κ2) is 5.30. The normalized spacial score (nSPS) is 13.2. The molecular weight excluding hydrogens is 294 g/mol. The molecule has 0 aliphatic carbocycles. The minimum Gasteiger partial charge on any atom is -0.391 e. The second-order valence-corrected chi connectivity index (χ2v) is 6.01. The quantitative estimate of drug-likeness (QED) is 0.696. The maximum Gasteiger partial charge on any atom is 0.151 e. The molecule has 2 rings (SSSR count). The van der Waals surface area contributed by atoms with Gasteiger partial charge < -0.3 is 5.11 Å². The first kappa shape index (κ1) is 11.4. The fourth-order valence-corrected chi connectivity index (χ4v) is 3.68. The van der Waals surface area contributed by atoms with Crippen LogP contribution in [-0.2, 0) is 0 Å². The molecule has 1 unspecified atom stereocenters. The molecule has 80 valence electrons. The molecule has 0 saturated carbocycles. The molecule has 0 amide bonds. The third-order valence-electron chi connectivity index (χ3n) is 1.85. The first-order valence-corrected chi connectivity index (χ1v) is 7.44. The Labute approximate surface area is 105 Å². The number of aliphatic hydroxyl groups is 1. The van der Waals surface area contributed by atoms with Crippen LogP contribution in [0.4, 0.5) is 0 Å². The van der Waals surface area contributed by atoms with Gasteiger partial charge in [0.05, 0.1) is 16.3 Å². The van der Waals surface area contributed by atoms with Gasteiger partial charge in [-0.3, -0.25) is 0 Å². The van der Waals surface area contributed by atoms with Gasteiger partial charge >= 0.3 is 0 Å². The van der Waals surface area contributed by atoms with E-state index in [-0.39, 0.29) is 6.10 Å². The lowest BCUT2D eigenvalue weighted by atomic mass is 10.3. The molecule has 2 nitrogen and oxygen atoms in total. The van der Waals surface area contributed by atoms with Crippen molar-refractivity contribution in [1.29, 1.82) is 0 Å². The van der Waals surface area contributed by atoms with Gasteiger partial charge in [0.1, 0.15) is 0 Å². The van der Waals surface area contributed by atoms with Gasteiger partial charge in [-0.05, 0) is 12.1 Å². The fourth-order valence-electron chi connectivity index (χ4n) is 1.12. The minimum atomic E-state index is -0.304. The van der Waals surface area contributed by atoms with Crippen LogP contribution in [0, 0.1) is 0 Å². The standard InChI is InChI=1S/C10H10BrNOS2/c11-5-7(13)6-14-10-12-8-3-1-2-4-9(8)15-10/h1-4,7,13H,5-6H2. The number of alkyl halides is 1. The van der Waals surface area contributed by atoms with Crippen LogP contribution in [0.25, 0.3) is 10.2 Å². The number of benzene rings is 1. The summed E-state index contributed by atoms with van der Waals surface area (Å²) in [5, 5.41) is 10.0. The summed E-state index contributed by atoms with van der Waals surface area (Å²) >= 11 is 6.52. The maximum atomic E-state index is 9.40. The van der Waals surface area contributed by atoms with Crippen molar-refractivity contribution in [2.24, 2.45) is 0 Å². The Hall–Kier alpha value is -0.100.